The molecule has 2 unspecified atom stereocenters. The Kier molecular flexibility index (Phi) is 4.18. The van der Waals surface area contributed by atoms with E-state index in [1.165, 1.54) is 0 Å². The lowest BCUT2D eigenvalue weighted by Crippen LogP contribution is -2.42. The van der Waals surface area contributed by atoms with Crippen LogP contribution in [0.15, 0.2) is 0 Å². The number of hydrogen-bond acceptors (Lipinski definition) is 2. The number of amides is 2. The van der Waals surface area contributed by atoms with Crippen LogP contribution in [0.2, 0.25) is 0 Å². The Morgan fingerprint density at radius 2 is 2.38 bits per heavy atom. The minimum absolute atomic E-state index is 0.0596. The van der Waals surface area contributed by atoms with Crippen molar-refractivity contribution < 1.29 is 14.7 Å². The van der Waals surface area contributed by atoms with Crippen LogP contribution in [0.1, 0.15) is 19.8 Å². The van der Waals surface area contributed by atoms with Gasteiger partial charge in [0.25, 0.3) is 0 Å². The van der Waals surface area contributed by atoms with Crippen molar-refractivity contribution in [2.45, 2.75) is 25.8 Å². The zero-order valence-corrected chi connectivity index (χ0v) is 9.27. The van der Waals surface area contributed by atoms with E-state index in [0.29, 0.717) is 13.1 Å². The second-order valence-corrected chi connectivity index (χ2v) is 4.04. The molecule has 2 amide bonds. The van der Waals surface area contributed by atoms with Crippen LogP contribution in [0.25, 0.3) is 0 Å². The first-order valence-corrected chi connectivity index (χ1v) is 5.26. The number of rotatable bonds is 3. The van der Waals surface area contributed by atoms with Gasteiger partial charge in [-0.1, -0.05) is 5.92 Å². The lowest BCUT2D eigenvalue weighted by atomic mass is 10.1. The van der Waals surface area contributed by atoms with Crippen molar-refractivity contribution in [2.24, 2.45) is 5.92 Å². The number of urea groups is 1. The average Bonchev–Trinajstić information content (AvgIpc) is 2.65. The molecule has 1 heterocycles. The van der Waals surface area contributed by atoms with Gasteiger partial charge in [-0.2, -0.15) is 0 Å². The lowest BCUT2D eigenvalue weighted by Gasteiger charge is -2.18. The zero-order chi connectivity index (χ0) is 12.1. The molecule has 0 aromatic rings. The summed E-state index contributed by atoms with van der Waals surface area (Å²) in [6.07, 6.45) is 6.01. The van der Waals surface area contributed by atoms with Crippen LogP contribution in [-0.2, 0) is 4.79 Å². The predicted molar refractivity (Wildman–Crippen MR) is 58.8 cm³/mol. The van der Waals surface area contributed by atoms with E-state index < -0.39 is 5.97 Å². The molecule has 0 radical (unpaired) electrons. The molecule has 2 atom stereocenters. The number of carbonyl (C=O) groups is 2. The van der Waals surface area contributed by atoms with Gasteiger partial charge < -0.3 is 15.3 Å². The Hall–Kier alpha value is -1.70. The van der Waals surface area contributed by atoms with E-state index in [1.54, 1.807) is 11.8 Å². The summed E-state index contributed by atoms with van der Waals surface area (Å²) in [6.45, 7) is 2.82. The van der Waals surface area contributed by atoms with Gasteiger partial charge in [0.15, 0.2) is 0 Å². The van der Waals surface area contributed by atoms with Crippen molar-refractivity contribution >= 4 is 12.0 Å². The van der Waals surface area contributed by atoms with Crippen LogP contribution in [-0.4, -0.2) is 41.1 Å². The van der Waals surface area contributed by atoms with E-state index >= 15 is 0 Å². The predicted octanol–water partition coefficient (Wildman–Crippen LogP) is 0.514. The molecule has 0 spiro atoms. The fourth-order valence-electron chi connectivity index (χ4n) is 1.75. The van der Waals surface area contributed by atoms with Gasteiger partial charge in [0.1, 0.15) is 0 Å². The molecule has 5 heteroatoms. The zero-order valence-electron chi connectivity index (χ0n) is 9.27. The highest BCUT2D eigenvalue weighted by atomic mass is 16.4. The summed E-state index contributed by atoms with van der Waals surface area (Å²) in [5, 5.41) is 11.3. The molecule has 1 fully saturated rings. The average molecular weight is 224 g/mol. The Labute approximate surface area is 94.8 Å². The molecule has 0 bridgehead atoms. The standard InChI is InChI=1S/C11H16N2O3/c1-3-8(2)12-11(16)13-5-4-9(7-13)6-10(14)15/h1,8-9H,4-7H2,2H3,(H,12,16)(H,14,15). The molecular formula is C11H16N2O3. The van der Waals surface area contributed by atoms with Gasteiger partial charge in [-0.15, -0.1) is 6.42 Å². The minimum Gasteiger partial charge on any atom is -0.481 e. The van der Waals surface area contributed by atoms with Crippen molar-refractivity contribution in [3.05, 3.63) is 0 Å². The highest BCUT2D eigenvalue weighted by molar-refractivity contribution is 5.75. The SMILES string of the molecule is C#CC(C)NC(=O)N1CCC(CC(=O)O)C1. The molecule has 0 aromatic carbocycles. The van der Waals surface area contributed by atoms with Gasteiger partial charge in [0, 0.05) is 19.5 Å². The molecule has 88 valence electrons. The van der Waals surface area contributed by atoms with Gasteiger partial charge in [-0.05, 0) is 19.3 Å². The summed E-state index contributed by atoms with van der Waals surface area (Å²) >= 11 is 0. The molecule has 0 aromatic heterocycles. The number of terminal acetylenes is 1. The summed E-state index contributed by atoms with van der Waals surface area (Å²) in [6, 6.07) is -0.510. The molecule has 5 nitrogen and oxygen atoms in total. The van der Waals surface area contributed by atoms with Crippen molar-refractivity contribution in [3.8, 4) is 12.3 Å². The number of likely N-dealkylation sites (tertiary alicyclic amines) is 1. The Morgan fingerprint density at radius 1 is 1.69 bits per heavy atom. The normalized spacial score (nSPS) is 21.2. The van der Waals surface area contributed by atoms with E-state index in [4.69, 9.17) is 11.5 Å². The second kappa shape index (κ2) is 5.40. The lowest BCUT2D eigenvalue weighted by molar-refractivity contribution is -0.138. The number of carboxylic acids is 1. The van der Waals surface area contributed by atoms with Gasteiger partial charge in [-0.25, -0.2) is 4.79 Å². The van der Waals surface area contributed by atoms with Gasteiger partial charge in [0.05, 0.1) is 6.04 Å². The Morgan fingerprint density at radius 3 is 2.94 bits per heavy atom. The fourth-order valence-corrected chi connectivity index (χ4v) is 1.75. The quantitative estimate of drug-likeness (QED) is 0.686. The smallest absolute Gasteiger partial charge is 0.318 e. The largest absolute Gasteiger partial charge is 0.481 e. The maximum Gasteiger partial charge on any atom is 0.318 e. The van der Waals surface area contributed by atoms with E-state index in [2.05, 4.69) is 11.2 Å². The van der Waals surface area contributed by atoms with Crippen LogP contribution in [0.4, 0.5) is 4.79 Å². The highest BCUT2D eigenvalue weighted by Gasteiger charge is 2.27. The van der Waals surface area contributed by atoms with Gasteiger partial charge >= 0.3 is 12.0 Å². The molecule has 1 aliphatic heterocycles. The summed E-state index contributed by atoms with van der Waals surface area (Å²) in [7, 11) is 0. The molecule has 2 N–H and O–H groups in total. The number of nitrogens with zero attached hydrogens (tertiary/aromatic N) is 1. The fraction of sp³-hybridized carbons (Fsp3) is 0.636. The van der Waals surface area contributed by atoms with Crippen LogP contribution in [0, 0.1) is 18.3 Å². The first-order valence-electron chi connectivity index (χ1n) is 5.26. The number of nitrogens with one attached hydrogen (secondary N) is 1. The maximum atomic E-state index is 11.6. The molecule has 1 saturated heterocycles. The molecule has 0 aliphatic carbocycles. The topological polar surface area (TPSA) is 69.6 Å². The summed E-state index contributed by atoms with van der Waals surface area (Å²) in [4.78, 5) is 23.7. The van der Waals surface area contributed by atoms with Crippen LogP contribution < -0.4 is 5.32 Å². The number of hydrogen-bond donors (Lipinski definition) is 2. The molecular weight excluding hydrogens is 208 g/mol. The highest BCUT2D eigenvalue weighted by Crippen LogP contribution is 2.19. The van der Waals surface area contributed by atoms with Crippen LogP contribution >= 0.6 is 0 Å². The van der Waals surface area contributed by atoms with E-state index in [1.807, 2.05) is 0 Å². The monoisotopic (exact) mass is 224 g/mol. The summed E-state index contributed by atoms with van der Waals surface area (Å²) in [5.41, 5.74) is 0. The third-order valence-electron chi connectivity index (χ3n) is 2.63. The number of carboxylic acid groups (broad SMARTS) is 1. The Bertz CT molecular complexity index is 322. The van der Waals surface area contributed by atoms with Crippen LogP contribution in [0.3, 0.4) is 0 Å². The van der Waals surface area contributed by atoms with Crippen molar-refractivity contribution in [3.63, 3.8) is 0 Å². The molecule has 1 aliphatic rings. The van der Waals surface area contributed by atoms with Gasteiger partial charge in [-0.3, -0.25) is 4.79 Å². The maximum absolute atomic E-state index is 11.6. The second-order valence-electron chi connectivity index (χ2n) is 4.04. The van der Waals surface area contributed by atoms with Crippen LogP contribution in [0.5, 0.6) is 0 Å². The van der Waals surface area contributed by atoms with Crippen molar-refractivity contribution in [1.82, 2.24) is 10.2 Å². The van der Waals surface area contributed by atoms with Gasteiger partial charge in [0.2, 0.25) is 0 Å². The summed E-state index contributed by atoms with van der Waals surface area (Å²) < 4.78 is 0. The minimum atomic E-state index is -0.816. The number of aliphatic carboxylic acids is 1. The summed E-state index contributed by atoms with van der Waals surface area (Å²) in [5.74, 6) is 1.65. The molecule has 16 heavy (non-hydrogen) atoms. The van der Waals surface area contributed by atoms with E-state index in [0.717, 1.165) is 6.42 Å². The number of carbonyl (C=O) groups excluding carboxylic acids is 1. The Balaban J connectivity index is 2.38. The van der Waals surface area contributed by atoms with E-state index in [-0.39, 0.29) is 24.4 Å². The van der Waals surface area contributed by atoms with E-state index in [9.17, 15) is 9.59 Å². The first kappa shape index (κ1) is 12.4. The first-order chi connectivity index (χ1) is 7.52. The molecule has 0 saturated carbocycles. The van der Waals surface area contributed by atoms with Crippen molar-refractivity contribution in [2.75, 3.05) is 13.1 Å². The third kappa shape index (κ3) is 3.46. The van der Waals surface area contributed by atoms with Crippen molar-refractivity contribution in [1.29, 1.82) is 0 Å². The molecule has 1 rings (SSSR count). The third-order valence-corrected chi connectivity index (χ3v) is 2.63.